The van der Waals surface area contributed by atoms with Crippen LogP contribution in [0.2, 0.25) is 5.02 Å². The lowest BCUT2D eigenvalue weighted by atomic mass is 9.75. The molecular weight excluding hydrogens is 356 g/mol. The number of ether oxygens (including phenoxy) is 1. The van der Waals surface area contributed by atoms with Crippen LogP contribution in [0, 0.1) is 5.41 Å². The molecule has 3 nitrogen and oxygen atoms in total. The normalized spacial score (nSPS) is 25.4. The molecule has 0 aliphatic carbocycles. The number of benzene rings is 2. The fraction of sp³-hybridized carbons (Fsp3) is 0.435. The zero-order chi connectivity index (χ0) is 18.9. The SMILES string of the molecule is CC1(C)CC(CN2CCOCC2)(c2ccccc2)N=C1c1ccc(Cl)cc1. The Labute approximate surface area is 167 Å². The molecule has 1 unspecified atom stereocenters. The Bertz CT molecular complexity index is 810. The maximum atomic E-state index is 6.11. The third kappa shape index (κ3) is 3.82. The Morgan fingerprint density at radius 3 is 2.33 bits per heavy atom. The molecule has 0 bridgehead atoms. The van der Waals surface area contributed by atoms with Gasteiger partial charge in [0, 0.05) is 35.8 Å². The van der Waals surface area contributed by atoms with Gasteiger partial charge in [0.15, 0.2) is 0 Å². The van der Waals surface area contributed by atoms with Crippen molar-refractivity contribution in [3.8, 4) is 0 Å². The molecule has 0 spiro atoms. The van der Waals surface area contributed by atoms with Gasteiger partial charge in [-0.15, -0.1) is 0 Å². The maximum Gasteiger partial charge on any atom is 0.0995 e. The topological polar surface area (TPSA) is 24.8 Å². The van der Waals surface area contributed by atoms with Crippen molar-refractivity contribution in [2.75, 3.05) is 32.8 Å². The molecule has 1 saturated heterocycles. The molecule has 0 aromatic heterocycles. The van der Waals surface area contributed by atoms with Crippen LogP contribution in [-0.4, -0.2) is 43.5 Å². The first-order valence-electron chi connectivity index (χ1n) is 9.70. The van der Waals surface area contributed by atoms with E-state index in [1.807, 2.05) is 12.1 Å². The molecule has 0 radical (unpaired) electrons. The molecule has 2 aliphatic rings. The van der Waals surface area contributed by atoms with Crippen LogP contribution in [0.25, 0.3) is 0 Å². The highest BCUT2D eigenvalue weighted by Crippen LogP contribution is 2.47. The van der Waals surface area contributed by atoms with Crippen LogP contribution in [0.3, 0.4) is 0 Å². The largest absolute Gasteiger partial charge is 0.379 e. The van der Waals surface area contributed by atoms with Gasteiger partial charge in [0.2, 0.25) is 0 Å². The van der Waals surface area contributed by atoms with Gasteiger partial charge in [0.25, 0.3) is 0 Å². The van der Waals surface area contributed by atoms with E-state index in [2.05, 4.69) is 61.2 Å². The summed E-state index contributed by atoms with van der Waals surface area (Å²) in [5, 5.41) is 0.762. The second-order valence-corrected chi connectivity index (χ2v) is 8.75. The zero-order valence-corrected chi connectivity index (χ0v) is 16.9. The summed E-state index contributed by atoms with van der Waals surface area (Å²) in [6, 6.07) is 18.9. The van der Waals surface area contributed by atoms with E-state index in [0.29, 0.717) is 0 Å². The van der Waals surface area contributed by atoms with Crippen LogP contribution in [0.5, 0.6) is 0 Å². The lowest BCUT2D eigenvalue weighted by Crippen LogP contribution is -2.45. The Hall–Kier alpha value is -1.68. The summed E-state index contributed by atoms with van der Waals surface area (Å²) in [7, 11) is 0. The van der Waals surface area contributed by atoms with Crippen LogP contribution in [0.4, 0.5) is 0 Å². The first-order chi connectivity index (χ1) is 13.0. The van der Waals surface area contributed by atoms with Gasteiger partial charge in [-0.05, 0) is 29.7 Å². The van der Waals surface area contributed by atoms with Crippen LogP contribution in [-0.2, 0) is 10.3 Å². The molecule has 2 aliphatic heterocycles. The van der Waals surface area contributed by atoms with Crippen molar-refractivity contribution in [3.05, 3.63) is 70.7 Å². The zero-order valence-electron chi connectivity index (χ0n) is 16.1. The third-order valence-electron chi connectivity index (χ3n) is 5.72. The van der Waals surface area contributed by atoms with Crippen molar-refractivity contribution >= 4 is 17.3 Å². The lowest BCUT2D eigenvalue weighted by molar-refractivity contribution is 0.0259. The van der Waals surface area contributed by atoms with E-state index < -0.39 is 0 Å². The monoisotopic (exact) mass is 382 g/mol. The minimum Gasteiger partial charge on any atom is -0.379 e. The van der Waals surface area contributed by atoms with Crippen molar-refractivity contribution in [2.24, 2.45) is 10.4 Å². The predicted octanol–water partition coefficient (Wildman–Crippen LogP) is 4.79. The number of hydrogen-bond donors (Lipinski definition) is 0. The van der Waals surface area contributed by atoms with Crippen molar-refractivity contribution in [3.63, 3.8) is 0 Å². The molecule has 4 rings (SSSR count). The number of aliphatic imine (C=N–C) groups is 1. The fourth-order valence-corrected chi connectivity index (χ4v) is 4.64. The van der Waals surface area contributed by atoms with Gasteiger partial charge in [0.1, 0.15) is 0 Å². The number of halogens is 1. The molecule has 4 heteroatoms. The molecule has 1 atom stereocenters. The van der Waals surface area contributed by atoms with Gasteiger partial charge >= 0.3 is 0 Å². The number of hydrogen-bond acceptors (Lipinski definition) is 3. The molecule has 27 heavy (non-hydrogen) atoms. The van der Waals surface area contributed by atoms with Crippen molar-refractivity contribution < 1.29 is 4.74 Å². The Morgan fingerprint density at radius 2 is 1.67 bits per heavy atom. The summed E-state index contributed by atoms with van der Waals surface area (Å²) in [6.07, 6.45) is 0.999. The lowest BCUT2D eigenvalue weighted by Gasteiger charge is -2.37. The first kappa shape index (κ1) is 18.7. The quantitative estimate of drug-likeness (QED) is 0.759. The highest BCUT2D eigenvalue weighted by Gasteiger charge is 2.47. The van der Waals surface area contributed by atoms with Crippen LogP contribution < -0.4 is 0 Å². The molecule has 2 aromatic rings. The molecule has 2 aromatic carbocycles. The molecule has 0 amide bonds. The Morgan fingerprint density at radius 1 is 1.00 bits per heavy atom. The van der Waals surface area contributed by atoms with E-state index in [4.69, 9.17) is 21.3 Å². The van der Waals surface area contributed by atoms with E-state index in [1.54, 1.807) is 0 Å². The first-order valence-corrected chi connectivity index (χ1v) is 10.1. The summed E-state index contributed by atoms with van der Waals surface area (Å²) in [5.74, 6) is 0. The second kappa shape index (κ2) is 7.38. The predicted molar refractivity (Wildman–Crippen MR) is 112 cm³/mol. The maximum absolute atomic E-state index is 6.11. The number of rotatable bonds is 4. The third-order valence-corrected chi connectivity index (χ3v) is 5.97. The summed E-state index contributed by atoms with van der Waals surface area (Å²) < 4.78 is 5.56. The number of nitrogens with zero attached hydrogens (tertiary/aromatic N) is 2. The Kier molecular flexibility index (Phi) is 5.11. The highest BCUT2D eigenvalue weighted by atomic mass is 35.5. The molecule has 1 fully saturated rings. The van der Waals surface area contributed by atoms with E-state index in [-0.39, 0.29) is 11.0 Å². The van der Waals surface area contributed by atoms with E-state index >= 15 is 0 Å². The average Bonchev–Trinajstić information content (AvgIpc) is 2.95. The van der Waals surface area contributed by atoms with Crippen molar-refractivity contribution in [2.45, 2.75) is 25.8 Å². The Balaban J connectivity index is 1.77. The van der Waals surface area contributed by atoms with E-state index in [9.17, 15) is 0 Å². The summed E-state index contributed by atoms with van der Waals surface area (Å²) >= 11 is 6.11. The van der Waals surface area contributed by atoms with E-state index in [1.165, 1.54) is 16.8 Å². The van der Waals surface area contributed by atoms with Gasteiger partial charge in [-0.2, -0.15) is 0 Å². The van der Waals surface area contributed by atoms with Crippen LogP contribution >= 0.6 is 11.6 Å². The second-order valence-electron chi connectivity index (χ2n) is 8.31. The smallest absolute Gasteiger partial charge is 0.0995 e. The van der Waals surface area contributed by atoms with Gasteiger partial charge < -0.3 is 4.74 Å². The van der Waals surface area contributed by atoms with Crippen molar-refractivity contribution in [1.29, 1.82) is 0 Å². The summed E-state index contributed by atoms with van der Waals surface area (Å²) in [4.78, 5) is 7.93. The standard InChI is InChI=1S/C23H27ClN2O/c1-22(2)16-23(19-6-4-3-5-7-19,17-26-12-14-27-15-13-26)25-21(22)18-8-10-20(24)11-9-18/h3-11H,12-17H2,1-2H3. The molecule has 2 heterocycles. The number of morpholine rings is 1. The van der Waals surface area contributed by atoms with Gasteiger partial charge in [0.05, 0.1) is 18.8 Å². The minimum atomic E-state index is -0.225. The fourth-order valence-electron chi connectivity index (χ4n) is 4.51. The highest BCUT2D eigenvalue weighted by molar-refractivity contribution is 6.30. The van der Waals surface area contributed by atoms with Gasteiger partial charge in [-0.25, -0.2) is 0 Å². The van der Waals surface area contributed by atoms with Gasteiger partial charge in [-0.3, -0.25) is 9.89 Å². The molecule has 0 N–H and O–H groups in total. The minimum absolute atomic E-state index is 0.00401. The molecular formula is C23H27ClN2O. The van der Waals surface area contributed by atoms with Crippen LogP contribution in [0.1, 0.15) is 31.4 Å². The van der Waals surface area contributed by atoms with Crippen LogP contribution in [0.15, 0.2) is 59.6 Å². The molecule has 0 saturated carbocycles. The average molecular weight is 383 g/mol. The van der Waals surface area contributed by atoms with Crippen molar-refractivity contribution in [1.82, 2.24) is 4.90 Å². The van der Waals surface area contributed by atoms with Gasteiger partial charge in [-0.1, -0.05) is 67.9 Å². The summed E-state index contributed by atoms with van der Waals surface area (Å²) in [5.41, 5.74) is 3.42. The summed E-state index contributed by atoms with van der Waals surface area (Å²) in [6.45, 7) is 9.11. The van der Waals surface area contributed by atoms with E-state index in [0.717, 1.165) is 44.3 Å². The molecule has 142 valence electrons.